The van der Waals surface area contributed by atoms with Crippen molar-refractivity contribution in [2.45, 2.75) is 26.2 Å². The molecule has 0 saturated carbocycles. The lowest BCUT2D eigenvalue weighted by atomic mass is 10.0. The molecule has 2 N–H and O–H groups in total. The molecule has 0 saturated heterocycles. The van der Waals surface area contributed by atoms with Crippen LogP contribution in [0.25, 0.3) is 0 Å². The third-order valence-electron chi connectivity index (χ3n) is 2.64. The second-order valence-electron chi connectivity index (χ2n) is 3.72. The molecule has 90 valence electrons. The molecule has 0 fully saturated rings. The fraction of sp³-hybridized carbons (Fsp3) is 0.500. The number of nitrogens with two attached hydrogens (primary N) is 1. The molecule has 0 aromatic heterocycles. The van der Waals surface area contributed by atoms with Crippen LogP contribution in [0.15, 0.2) is 10.5 Å². The van der Waals surface area contributed by atoms with Gasteiger partial charge in [0.15, 0.2) is 0 Å². The maximum Gasteiger partial charge on any atom is 0.136 e. The van der Waals surface area contributed by atoms with Crippen molar-refractivity contribution >= 4 is 15.9 Å². The lowest BCUT2D eigenvalue weighted by Gasteiger charge is -2.14. The third-order valence-corrected chi connectivity index (χ3v) is 3.23. The Hall–Kier alpha value is -0.610. The predicted molar refractivity (Wildman–Crippen MR) is 67.4 cm³/mol. The first-order valence-corrected chi connectivity index (χ1v) is 6.12. The number of halogens is 2. The second-order valence-corrected chi connectivity index (χ2v) is 4.58. The number of rotatable bonds is 5. The number of hydrogen-bond acceptors (Lipinski definition) is 2. The first-order chi connectivity index (χ1) is 7.61. The summed E-state index contributed by atoms with van der Waals surface area (Å²) in [5.41, 5.74) is 7.04. The van der Waals surface area contributed by atoms with E-state index in [1.165, 1.54) is 6.07 Å². The molecule has 0 spiro atoms. The van der Waals surface area contributed by atoms with Crippen LogP contribution in [0.5, 0.6) is 5.75 Å². The van der Waals surface area contributed by atoms with Crippen LogP contribution in [0.4, 0.5) is 4.39 Å². The molecule has 0 heterocycles. The summed E-state index contributed by atoms with van der Waals surface area (Å²) in [7, 11) is 1.60. The minimum absolute atomic E-state index is 0.199. The van der Waals surface area contributed by atoms with E-state index in [2.05, 4.69) is 15.9 Å². The minimum Gasteiger partial charge on any atom is -0.495 e. The van der Waals surface area contributed by atoms with E-state index in [9.17, 15) is 4.39 Å². The predicted octanol–water partition coefficient (Wildman–Crippen LogP) is 3.19. The van der Waals surface area contributed by atoms with Crippen LogP contribution in [0.2, 0.25) is 0 Å². The highest BCUT2D eigenvalue weighted by atomic mass is 79.9. The van der Waals surface area contributed by atoms with E-state index in [0.717, 1.165) is 30.6 Å². The van der Waals surface area contributed by atoms with Crippen LogP contribution in [-0.4, -0.2) is 13.7 Å². The molecule has 0 atom stereocenters. The van der Waals surface area contributed by atoms with Gasteiger partial charge in [0.25, 0.3) is 0 Å². The van der Waals surface area contributed by atoms with Gasteiger partial charge in [0, 0.05) is 5.56 Å². The molecule has 1 aromatic carbocycles. The minimum atomic E-state index is -0.199. The SMILES string of the molecule is COc1c(Br)cc(F)c(C)c1CCCCN. The molecule has 0 aliphatic carbocycles. The zero-order valence-electron chi connectivity index (χ0n) is 9.65. The van der Waals surface area contributed by atoms with E-state index < -0.39 is 0 Å². The van der Waals surface area contributed by atoms with Crippen LogP contribution in [-0.2, 0) is 6.42 Å². The zero-order valence-corrected chi connectivity index (χ0v) is 11.2. The van der Waals surface area contributed by atoms with Crippen molar-refractivity contribution in [3.05, 3.63) is 27.5 Å². The second kappa shape index (κ2) is 6.21. The van der Waals surface area contributed by atoms with Crippen molar-refractivity contribution in [3.63, 3.8) is 0 Å². The Kier molecular flexibility index (Phi) is 5.22. The Morgan fingerprint density at radius 3 is 2.69 bits per heavy atom. The summed E-state index contributed by atoms with van der Waals surface area (Å²) in [4.78, 5) is 0. The highest BCUT2D eigenvalue weighted by Gasteiger charge is 2.14. The number of methoxy groups -OCH3 is 1. The summed E-state index contributed by atoms with van der Waals surface area (Å²) in [6.07, 6.45) is 2.68. The van der Waals surface area contributed by atoms with Crippen molar-refractivity contribution < 1.29 is 9.13 Å². The Bertz CT molecular complexity index is 369. The molecule has 0 aliphatic heterocycles. The van der Waals surface area contributed by atoms with Crippen LogP contribution >= 0.6 is 15.9 Å². The fourth-order valence-electron chi connectivity index (χ4n) is 1.71. The number of unbranched alkanes of at least 4 members (excludes halogenated alkanes) is 1. The Morgan fingerprint density at radius 1 is 1.44 bits per heavy atom. The average molecular weight is 290 g/mol. The highest BCUT2D eigenvalue weighted by molar-refractivity contribution is 9.10. The zero-order chi connectivity index (χ0) is 12.1. The van der Waals surface area contributed by atoms with Gasteiger partial charge in [0.1, 0.15) is 11.6 Å². The van der Waals surface area contributed by atoms with Crippen LogP contribution < -0.4 is 10.5 Å². The smallest absolute Gasteiger partial charge is 0.136 e. The van der Waals surface area contributed by atoms with Gasteiger partial charge in [-0.25, -0.2) is 4.39 Å². The van der Waals surface area contributed by atoms with Crippen molar-refractivity contribution in [2.75, 3.05) is 13.7 Å². The summed E-state index contributed by atoms with van der Waals surface area (Å²) < 4.78 is 19.5. The standard InChI is InChI=1S/C12H17BrFNO/c1-8-9(5-3-4-6-15)12(16-2)10(13)7-11(8)14/h7H,3-6,15H2,1-2H3. The van der Waals surface area contributed by atoms with Crippen LogP contribution in [0, 0.1) is 12.7 Å². The Balaban J connectivity index is 3.02. The first-order valence-electron chi connectivity index (χ1n) is 5.33. The Morgan fingerprint density at radius 2 is 2.12 bits per heavy atom. The van der Waals surface area contributed by atoms with E-state index in [4.69, 9.17) is 10.5 Å². The van der Waals surface area contributed by atoms with E-state index in [1.807, 2.05) is 0 Å². The van der Waals surface area contributed by atoms with Crippen molar-refractivity contribution in [1.82, 2.24) is 0 Å². The van der Waals surface area contributed by atoms with Crippen LogP contribution in [0.3, 0.4) is 0 Å². The third kappa shape index (κ3) is 2.95. The lowest BCUT2D eigenvalue weighted by Crippen LogP contribution is -2.03. The molecular weight excluding hydrogens is 273 g/mol. The maximum atomic E-state index is 13.6. The molecule has 4 heteroatoms. The first kappa shape index (κ1) is 13.5. The quantitative estimate of drug-likeness (QED) is 0.845. The van der Waals surface area contributed by atoms with E-state index in [1.54, 1.807) is 14.0 Å². The van der Waals surface area contributed by atoms with Gasteiger partial charge in [0.05, 0.1) is 11.6 Å². The van der Waals surface area contributed by atoms with Crippen molar-refractivity contribution in [1.29, 1.82) is 0 Å². The molecule has 2 nitrogen and oxygen atoms in total. The van der Waals surface area contributed by atoms with E-state index in [0.29, 0.717) is 16.6 Å². The van der Waals surface area contributed by atoms with Gasteiger partial charge < -0.3 is 10.5 Å². The molecule has 16 heavy (non-hydrogen) atoms. The van der Waals surface area contributed by atoms with Gasteiger partial charge >= 0.3 is 0 Å². The monoisotopic (exact) mass is 289 g/mol. The Labute approximate surface area is 104 Å². The molecule has 0 bridgehead atoms. The maximum absolute atomic E-state index is 13.6. The summed E-state index contributed by atoms with van der Waals surface area (Å²) >= 11 is 3.31. The number of hydrogen-bond donors (Lipinski definition) is 1. The average Bonchev–Trinajstić information content (AvgIpc) is 2.25. The molecule has 0 amide bonds. The normalized spacial score (nSPS) is 10.6. The summed E-state index contributed by atoms with van der Waals surface area (Å²) in [5, 5.41) is 0. The van der Waals surface area contributed by atoms with E-state index >= 15 is 0 Å². The van der Waals surface area contributed by atoms with Gasteiger partial charge in [-0.05, 0) is 60.3 Å². The van der Waals surface area contributed by atoms with Gasteiger partial charge in [-0.15, -0.1) is 0 Å². The van der Waals surface area contributed by atoms with Gasteiger partial charge in [-0.2, -0.15) is 0 Å². The molecule has 1 rings (SSSR count). The van der Waals surface area contributed by atoms with Crippen molar-refractivity contribution in [2.24, 2.45) is 5.73 Å². The summed E-state index contributed by atoms with van der Waals surface area (Å²) in [6, 6.07) is 1.45. The van der Waals surface area contributed by atoms with Gasteiger partial charge in [-0.1, -0.05) is 0 Å². The largest absolute Gasteiger partial charge is 0.495 e. The fourth-order valence-corrected chi connectivity index (χ4v) is 2.31. The summed E-state index contributed by atoms with van der Waals surface area (Å²) in [5.74, 6) is 0.534. The molecule has 0 aliphatic rings. The molecular formula is C12H17BrFNO. The topological polar surface area (TPSA) is 35.2 Å². The van der Waals surface area contributed by atoms with Crippen LogP contribution in [0.1, 0.15) is 24.0 Å². The number of ether oxygens (including phenoxy) is 1. The summed E-state index contributed by atoms with van der Waals surface area (Å²) in [6.45, 7) is 2.44. The van der Waals surface area contributed by atoms with Crippen molar-refractivity contribution in [3.8, 4) is 5.75 Å². The van der Waals surface area contributed by atoms with Gasteiger partial charge in [-0.3, -0.25) is 0 Å². The molecule has 0 unspecified atom stereocenters. The van der Waals surface area contributed by atoms with E-state index in [-0.39, 0.29) is 5.82 Å². The molecule has 0 radical (unpaired) electrons. The lowest BCUT2D eigenvalue weighted by molar-refractivity contribution is 0.404. The molecule has 1 aromatic rings. The number of benzene rings is 1. The van der Waals surface area contributed by atoms with Gasteiger partial charge in [0.2, 0.25) is 0 Å². The highest BCUT2D eigenvalue weighted by Crippen LogP contribution is 2.34.